The SMILES string of the molecule is OC(CN(Cc1ccccc1)Cc1c(Br)cncc1Br)c1ccccc1. The van der Waals surface area contributed by atoms with E-state index in [0.29, 0.717) is 13.1 Å². The first-order chi connectivity index (χ1) is 12.6. The molecule has 0 aliphatic carbocycles. The van der Waals surface area contributed by atoms with E-state index >= 15 is 0 Å². The van der Waals surface area contributed by atoms with Gasteiger partial charge in [-0.3, -0.25) is 9.88 Å². The van der Waals surface area contributed by atoms with E-state index in [2.05, 4.69) is 53.9 Å². The number of aliphatic hydroxyl groups excluding tert-OH is 1. The fourth-order valence-corrected chi connectivity index (χ4v) is 4.04. The molecule has 0 spiro atoms. The lowest BCUT2D eigenvalue weighted by atomic mass is 10.1. The van der Waals surface area contributed by atoms with Crippen molar-refractivity contribution in [2.24, 2.45) is 0 Å². The third kappa shape index (κ3) is 5.24. The highest BCUT2D eigenvalue weighted by Crippen LogP contribution is 2.27. The number of aromatic nitrogens is 1. The molecule has 3 nitrogen and oxygen atoms in total. The smallest absolute Gasteiger partial charge is 0.0917 e. The zero-order chi connectivity index (χ0) is 18.4. The van der Waals surface area contributed by atoms with Crippen molar-refractivity contribution in [2.75, 3.05) is 6.54 Å². The minimum absolute atomic E-state index is 0.542. The van der Waals surface area contributed by atoms with E-state index in [0.717, 1.165) is 26.6 Å². The Bertz CT molecular complexity index is 808. The summed E-state index contributed by atoms with van der Waals surface area (Å²) < 4.78 is 1.92. The molecule has 1 N–H and O–H groups in total. The highest BCUT2D eigenvalue weighted by atomic mass is 79.9. The highest BCUT2D eigenvalue weighted by molar-refractivity contribution is 9.11. The van der Waals surface area contributed by atoms with Crippen LogP contribution in [0.5, 0.6) is 0 Å². The van der Waals surface area contributed by atoms with Gasteiger partial charge in [0.05, 0.1) is 6.10 Å². The van der Waals surface area contributed by atoms with Crippen LogP contribution in [0.25, 0.3) is 0 Å². The monoisotopic (exact) mass is 474 g/mol. The minimum atomic E-state index is -0.542. The molecule has 1 unspecified atom stereocenters. The third-order valence-electron chi connectivity index (χ3n) is 4.20. The maximum absolute atomic E-state index is 10.7. The molecule has 0 aliphatic heterocycles. The number of pyridine rings is 1. The molecule has 2 aromatic carbocycles. The average molecular weight is 476 g/mol. The molecule has 1 atom stereocenters. The normalized spacial score (nSPS) is 12.3. The fraction of sp³-hybridized carbons (Fsp3) is 0.190. The van der Waals surface area contributed by atoms with Crippen molar-refractivity contribution in [3.63, 3.8) is 0 Å². The lowest BCUT2D eigenvalue weighted by molar-refractivity contribution is 0.104. The Morgan fingerprint density at radius 1 is 0.846 bits per heavy atom. The summed E-state index contributed by atoms with van der Waals surface area (Å²) in [6.45, 7) is 1.99. The van der Waals surface area contributed by atoms with Gasteiger partial charge in [-0.2, -0.15) is 0 Å². The second-order valence-corrected chi connectivity index (χ2v) is 7.87. The first-order valence-corrected chi connectivity index (χ1v) is 9.99. The molecule has 0 radical (unpaired) electrons. The van der Waals surface area contributed by atoms with Gasteiger partial charge in [0, 0.05) is 41.0 Å². The number of hydrogen-bond acceptors (Lipinski definition) is 3. The predicted molar refractivity (Wildman–Crippen MR) is 112 cm³/mol. The van der Waals surface area contributed by atoms with Crippen LogP contribution in [0.15, 0.2) is 82.0 Å². The predicted octanol–water partition coefficient (Wildman–Crippen LogP) is 5.34. The van der Waals surface area contributed by atoms with Gasteiger partial charge in [-0.1, -0.05) is 60.7 Å². The van der Waals surface area contributed by atoms with Gasteiger partial charge in [0.15, 0.2) is 0 Å². The molecule has 0 saturated carbocycles. The van der Waals surface area contributed by atoms with Crippen LogP contribution in [-0.4, -0.2) is 21.5 Å². The molecule has 1 heterocycles. The van der Waals surface area contributed by atoms with E-state index < -0.39 is 6.10 Å². The molecule has 0 saturated heterocycles. The molecule has 0 bridgehead atoms. The molecule has 3 rings (SSSR count). The molecule has 5 heteroatoms. The number of benzene rings is 2. The molecule has 0 aliphatic rings. The van der Waals surface area contributed by atoms with Gasteiger partial charge in [0.2, 0.25) is 0 Å². The van der Waals surface area contributed by atoms with Crippen LogP contribution in [0.2, 0.25) is 0 Å². The summed E-state index contributed by atoms with van der Waals surface area (Å²) >= 11 is 7.18. The number of aliphatic hydroxyl groups is 1. The first-order valence-electron chi connectivity index (χ1n) is 8.40. The summed E-state index contributed by atoms with van der Waals surface area (Å²) in [6.07, 6.45) is 3.06. The Balaban J connectivity index is 1.81. The summed E-state index contributed by atoms with van der Waals surface area (Å²) in [4.78, 5) is 6.43. The second-order valence-electron chi connectivity index (χ2n) is 6.16. The summed E-state index contributed by atoms with van der Waals surface area (Å²) in [6, 6.07) is 20.1. The largest absolute Gasteiger partial charge is 0.387 e. The van der Waals surface area contributed by atoms with Crippen LogP contribution in [0.1, 0.15) is 22.8 Å². The van der Waals surface area contributed by atoms with Crippen molar-refractivity contribution < 1.29 is 5.11 Å². The Kier molecular flexibility index (Phi) is 6.97. The summed E-state index contributed by atoms with van der Waals surface area (Å²) in [5.74, 6) is 0. The van der Waals surface area contributed by atoms with Crippen LogP contribution >= 0.6 is 31.9 Å². The van der Waals surface area contributed by atoms with Crippen molar-refractivity contribution >= 4 is 31.9 Å². The summed E-state index contributed by atoms with van der Waals surface area (Å²) in [5, 5.41) is 10.7. The quantitative estimate of drug-likeness (QED) is 0.500. The molecular weight excluding hydrogens is 456 g/mol. The Morgan fingerprint density at radius 3 is 2.04 bits per heavy atom. The molecule has 134 valence electrons. The first kappa shape index (κ1) is 19.2. The van der Waals surface area contributed by atoms with Crippen LogP contribution < -0.4 is 0 Å². The minimum Gasteiger partial charge on any atom is -0.387 e. The van der Waals surface area contributed by atoms with E-state index in [-0.39, 0.29) is 0 Å². The molecule has 1 aromatic heterocycles. The van der Waals surface area contributed by atoms with Gasteiger partial charge < -0.3 is 5.11 Å². The van der Waals surface area contributed by atoms with Crippen molar-refractivity contribution in [1.82, 2.24) is 9.88 Å². The maximum Gasteiger partial charge on any atom is 0.0917 e. The van der Waals surface area contributed by atoms with Crippen molar-refractivity contribution in [3.8, 4) is 0 Å². The summed E-state index contributed by atoms with van der Waals surface area (Å²) in [5.41, 5.74) is 3.27. The Morgan fingerprint density at radius 2 is 1.42 bits per heavy atom. The van der Waals surface area contributed by atoms with Crippen LogP contribution in [-0.2, 0) is 13.1 Å². The van der Waals surface area contributed by atoms with E-state index in [4.69, 9.17) is 0 Å². The Hall–Kier alpha value is -1.53. The van der Waals surface area contributed by atoms with Gasteiger partial charge in [-0.15, -0.1) is 0 Å². The lowest BCUT2D eigenvalue weighted by Gasteiger charge is -2.26. The van der Waals surface area contributed by atoms with Gasteiger partial charge in [0.25, 0.3) is 0 Å². The zero-order valence-electron chi connectivity index (χ0n) is 14.2. The van der Waals surface area contributed by atoms with Crippen molar-refractivity contribution in [1.29, 1.82) is 0 Å². The van der Waals surface area contributed by atoms with Crippen molar-refractivity contribution in [3.05, 3.63) is 98.7 Å². The van der Waals surface area contributed by atoms with Gasteiger partial charge >= 0.3 is 0 Å². The van der Waals surface area contributed by atoms with E-state index in [1.54, 1.807) is 12.4 Å². The van der Waals surface area contributed by atoms with Gasteiger partial charge in [-0.25, -0.2) is 0 Å². The Labute approximate surface area is 171 Å². The zero-order valence-corrected chi connectivity index (χ0v) is 17.4. The fourth-order valence-electron chi connectivity index (χ4n) is 2.86. The van der Waals surface area contributed by atoms with E-state index in [9.17, 15) is 5.11 Å². The number of halogens is 2. The third-order valence-corrected chi connectivity index (χ3v) is 5.57. The number of hydrogen-bond donors (Lipinski definition) is 1. The second kappa shape index (κ2) is 9.42. The highest BCUT2D eigenvalue weighted by Gasteiger charge is 2.17. The topological polar surface area (TPSA) is 36.4 Å². The van der Waals surface area contributed by atoms with E-state index in [1.165, 1.54) is 5.56 Å². The average Bonchev–Trinajstić information content (AvgIpc) is 2.66. The van der Waals surface area contributed by atoms with Gasteiger partial charge in [0.1, 0.15) is 0 Å². The van der Waals surface area contributed by atoms with Crippen molar-refractivity contribution in [2.45, 2.75) is 19.2 Å². The van der Waals surface area contributed by atoms with E-state index in [1.807, 2.05) is 48.5 Å². The standard InChI is InChI=1S/C21H20Br2N2O/c22-19-11-24-12-20(23)18(19)14-25(13-16-7-3-1-4-8-16)15-21(26)17-9-5-2-6-10-17/h1-12,21,26H,13-15H2. The lowest BCUT2D eigenvalue weighted by Crippen LogP contribution is -2.28. The van der Waals surface area contributed by atoms with Crippen LogP contribution in [0.3, 0.4) is 0 Å². The van der Waals surface area contributed by atoms with Gasteiger partial charge in [-0.05, 0) is 48.6 Å². The number of nitrogens with zero attached hydrogens (tertiary/aromatic N) is 2. The molecule has 26 heavy (non-hydrogen) atoms. The molecule has 0 fully saturated rings. The maximum atomic E-state index is 10.7. The summed E-state index contributed by atoms with van der Waals surface area (Å²) in [7, 11) is 0. The van der Waals surface area contributed by atoms with Crippen LogP contribution in [0, 0.1) is 0 Å². The molecule has 3 aromatic rings. The van der Waals surface area contributed by atoms with Crippen LogP contribution in [0.4, 0.5) is 0 Å². The molecule has 0 amide bonds. The molecular formula is C21H20Br2N2O. The number of rotatable bonds is 7.